The molecule has 0 bridgehead atoms. The summed E-state index contributed by atoms with van der Waals surface area (Å²) >= 11 is 6.10. The molecule has 4 rings (SSSR count). The van der Waals surface area contributed by atoms with E-state index in [0.717, 1.165) is 30.5 Å². The summed E-state index contributed by atoms with van der Waals surface area (Å²) < 4.78 is 27.4. The van der Waals surface area contributed by atoms with Gasteiger partial charge in [-0.15, -0.1) is 0 Å². The number of pyridine rings is 1. The van der Waals surface area contributed by atoms with Gasteiger partial charge in [0.05, 0.1) is 10.6 Å². The fourth-order valence-electron chi connectivity index (χ4n) is 3.22. The Kier molecular flexibility index (Phi) is 5.34. The Morgan fingerprint density at radius 1 is 1.00 bits per heavy atom. The van der Waals surface area contributed by atoms with Crippen molar-refractivity contribution in [2.24, 2.45) is 0 Å². The average molecular weight is 418 g/mol. The van der Waals surface area contributed by atoms with E-state index >= 15 is 0 Å². The Labute approximate surface area is 168 Å². The standard InChI is InChI=1S/C19H20ClN5O2S/c20-17-11-15(28(26,27)25-9-5-2-6-10-25)12-18(21-17)22-19-13-16(23-24-19)14-7-3-1-4-8-14/h1,3-4,7-8,11-13H,2,5-6,9-10H2,(H2,21,22,23,24). The molecule has 1 aliphatic rings. The summed E-state index contributed by atoms with van der Waals surface area (Å²) in [6.07, 6.45) is 2.80. The van der Waals surface area contributed by atoms with Crippen LogP contribution >= 0.6 is 11.6 Å². The van der Waals surface area contributed by atoms with Crippen LogP contribution < -0.4 is 5.32 Å². The lowest BCUT2D eigenvalue weighted by molar-refractivity contribution is 0.346. The highest BCUT2D eigenvalue weighted by atomic mass is 35.5. The largest absolute Gasteiger partial charge is 0.323 e. The zero-order chi connectivity index (χ0) is 19.6. The molecule has 0 radical (unpaired) electrons. The van der Waals surface area contributed by atoms with Crippen molar-refractivity contribution in [3.63, 3.8) is 0 Å². The van der Waals surface area contributed by atoms with E-state index in [1.807, 2.05) is 36.4 Å². The van der Waals surface area contributed by atoms with E-state index in [1.54, 1.807) is 0 Å². The highest BCUT2D eigenvalue weighted by molar-refractivity contribution is 7.89. The number of hydrogen-bond donors (Lipinski definition) is 2. The summed E-state index contributed by atoms with van der Waals surface area (Å²) in [5, 5.41) is 10.3. The molecule has 9 heteroatoms. The molecule has 1 aliphatic heterocycles. The Balaban J connectivity index is 1.59. The number of sulfonamides is 1. The van der Waals surface area contributed by atoms with Crippen LogP contribution in [0.15, 0.2) is 53.4 Å². The van der Waals surface area contributed by atoms with Crippen molar-refractivity contribution in [3.8, 4) is 11.3 Å². The molecule has 146 valence electrons. The first kappa shape index (κ1) is 18.9. The Morgan fingerprint density at radius 3 is 2.50 bits per heavy atom. The third kappa shape index (κ3) is 4.04. The van der Waals surface area contributed by atoms with Crippen molar-refractivity contribution in [2.45, 2.75) is 24.2 Å². The van der Waals surface area contributed by atoms with Crippen LogP contribution in [-0.4, -0.2) is 41.0 Å². The van der Waals surface area contributed by atoms with Gasteiger partial charge in [0.2, 0.25) is 10.0 Å². The van der Waals surface area contributed by atoms with Gasteiger partial charge < -0.3 is 5.32 Å². The molecule has 28 heavy (non-hydrogen) atoms. The van der Waals surface area contributed by atoms with E-state index in [4.69, 9.17) is 11.6 Å². The van der Waals surface area contributed by atoms with Crippen LogP contribution in [0, 0.1) is 0 Å². The van der Waals surface area contributed by atoms with Crippen molar-refractivity contribution in [3.05, 3.63) is 53.7 Å². The summed E-state index contributed by atoms with van der Waals surface area (Å²) in [4.78, 5) is 4.32. The lowest BCUT2D eigenvalue weighted by Crippen LogP contribution is -2.35. The van der Waals surface area contributed by atoms with Gasteiger partial charge in [-0.05, 0) is 24.5 Å². The Morgan fingerprint density at radius 2 is 1.75 bits per heavy atom. The second-order valence-corrected chi connectivity index (χ2v) is 8.96. The van der Waals surface area contributed by atoms with Crippen LogP contribution in [0.2, 0.25) is 5.15 Å². The van der Waals surface area contributed by atoms with Gasteiger partial charge in [0.1, 0.15) is 11.0 Å². The predicted molar refractivity (Wildman–Crippen MR) is 109 cm³/mol. The molecule has 0 atom stereocenters. The van der Waals surface area contributed by atoms with E-state index < -0.39 is 10.0 Å². The molecule has 0 unspecified atom stereocenters. The Hall–Kier alpha value is -2.42. The van der Waals surface area contributed by atoms with Crippen LogP contribution in [0.1, 0.15) is 19.3 Å². The Bertz CT molecular complexity index is 1060. The maximum absolute atomic E-state index is 12.9. The summed E-state index contributed by atoms with van der Waals surface area (Å²) in [7, 11) is -3.60. The molecule has 2 N–H and O–H groups in total. The van der Waals surface area contributed by atoms with Gasteiger partial charge in [0, 0.05) is 25.2 Å². The normalized spacial score (nSPS) is 15.5. The summed E-state index contributed by atoms with van der Waals surface area (Å²) in [6, 6.07) is 14.5. The number of rotatable bonds is 5. The lowest BCUT2D eigenvalue weighted by atomic mass is 10.2. The van der Waals surface area contributed by atoms with Crippen LogP contribution in [0.5, 0.6) is 0 Å². The number of H-pyrrole nitrogens is 1. The van der Waals surface area contributed by atoms with Crippen molar-refractivity contribution in [1.82, 2.24) is 19.5 Å². The minimum Gasteiger partial charge on any atom is -0.323 e. The van der Waals surface area contributed by atoms with E-state index in [0.29, 0.717) is 24.7 Å². The molecule has 7 nitrogen and oxygen atoms in total. The number of piperidine rings is 1. The average Bonchev–Trinajstić information content (AvgIpc) is 3.17. The van der Waals surface area contributed by atoms with Gasteiger partial charge in [-0.2, -0.15) is 9.40 Å². The van der Waals surface area contributed by atoms with Crippen molar-refractivity contribution < 1.29 is 8.42 Å². The molecule has 3 heterocycles. The fourth-order valence-corrected chi connectivity index (χ4v) is 5.05. The number of anilines is 2. The molecule has 0 amide bonds. The lowest BCUT2D eigenvalue weighted by Gasteiger charge is -2.26. The van der Waals surface area contributed by atoms with Gasteiger partial charge in [-0.1, -0.05) is 48.4 Å². The number of aromatic amines is 1. The second kappa shape index (κ2) is 7.90. The molecule has 2 aromatic heterocycles. The molecule has 0 aliphatic carbocycles. The summed E-state index contributed by atoms with van der Waals surface area (Å²) in [6.45, 7) is 1.07. The number of hydrogen-bond acceptors (Lipinski definition) is 5. The van der Waals surface area contributed by atoms with E-state index in [2.05, 4.69) is 20.5 Å². The van der Waals surface area contributed by atoms with Crippen LogP contribution in [-0.2, 0) is 10.0 Å². The van der Waals surface area contributed by atoms with Gasteiger partial charge in [0.25, 0.3) is 0 Å². The molecule has 1 saturated heterocycles. The smallest absolute Gasteiger partial charge is 0.243 e. The number of nitrogens with one attached hydrogen (secondary N) is 2. The van der Waals surface area contributed by atoms with E-state index in [9.17, 15) is 8.42 Å². The molecular weight excluding hydrogens is 398 g/mol. The molecule has 1 fully saturated rings. The first-order chi connectivity index (χ1) is 13.5. The second-order valence-electron chi connectivity index (χ2n) is 6.63. The van der Waals surface area contributed by atoms with Gasteiger partial charge in [-0.3, -0.25) is 5.10 Å². The van der Waals surface area contributed by atoms with Gasteiger partial charge in [0.15, 0.2) is 5.82 Å². The third-order valence-electron chi connectivity index (χ3n) is 4.64. The highest BCUT2D eigenvalue weighted by Gasteiger charge is 2.27. The predicted octanol–water partition coefficient (Wildman–Crippen LogP) is 4.04. The van der Waals surface area contributed by atoms with Crippen molar-refractivity contribution >= 4 is 33.3 Å². The molecule has 1 aromatic carbocycles. The third-order valence-corrected chi connectivity index (χ3v) is 6.71. The van der Waals surface area contributed by atoms with Crippen molar-refractivity contribution in [1.29, 1.82) is 0 Å². The minimum absolute atomic E-state index is 0.111. The molecule has 0 spiro atoms. The minimum atomic E-state index is -3.60. The fraction of sp³-hybridized carbons (Fsp3) is 0.263. The van der Waals surface area contributed by atoms with Gasteiger partial charge in [-0.25, -0.2) is 13.4 Å². The van der Waals surface area contributed by atoms with Gasteiger partial charge >= 0.3 is 0 Å². The first-order valence-electron chi connectivity index (χ1n) is 9.08. The topological polar surface area (TPSA) is 91.0 Å². The monoisotopic (exact) mass is 417 g/mol. The maximum atomic E-state index is 12.9. The molecular formula is C19H20ClN5O2S. The zero-order valence-electron chi connectivity index (χ0n) is 15.1. The summed E-state index contributed by atoms with van der Waals surface area (Å²) in [5.41, 5.74) is 1.83. The molecule has 3 aromatic rings. The number of halogens is 1. The maximum Gasteiger partial charge on any atom is 0.243 e. The van der Waals surface area contributed by atoms with Crippen molar-refractivity contribution in [2.75, 3.05) is 18.4 Å². The summed E-state index contributed by atoms with van der Waals surface area (Å²) in [5.74, 6) is 0.851. The number of nitrogens with zero attached hydrogens (tertiary/aromatic N) is 3. The van der Waals surface area contributed by atoms with E-state index in [-0.39, 0.29) is 10.0 Å². The SMILES string of the molecule is O=S(=O)(c1cc(Cl)nc(Nc2cc(-c3ccccc3)[nH]n2)c1)N1CCCCC1. The van der Waals surface area contributed by atoms with Crippen LogP contribution in [0.3, 0.4) is 0 Å². The quantitative estimate of drug-likeness (QED) is 0.611. The first-order valence-corrected chi connectivity index (χ1v) is 10.9. The van der Waals surface area contributed by atoms with Crippen LogP contribution in [0.4, 0.5) is 11.6 Å². The highest BCUT2D eigenvalue weighted by Crippen LogP contribution is 2.27. The van der Waals surface area contributed by atoms with Crippen LogP contribution in [0.25, 0.3) is 11.3 Å². The zero-order valence-corrected chi connectivity index (χ0v) is 16.7. The molecule has 0 saturated carbocycles. The van der Waals surface area contributed by atoms with E-state index in [1.165, 1.54) is 16.4 Å². The number of benzene rings is 1. The number of aromatic nitrogens is 3.